The Morgan fingerprint density at radius 1 is 1.05 bits per heavy atom. The monoisotopic (exact) mass is 248 g/mol. The fourth-order valence-corrected chi connectivity index (χ4v) is 2.21. The summed E-state index contributed by atoms with van der Waals surface area (Å²) >= 11 is 0. The van der Waals surface area contributed by atoms with Crippen LogP contribution in [0.5, 0.6) is 0 Å². The quantitative estimate of drug-likeness (QED) is 0.758. The number of carbonyl (C=O) groups excluding carboxylic acids is 1. The van der Waals surface area contributed by atoms with Gasteiger partial charge in [-0.1, -0.05) is 30.3 Å². The van der Waals surface area contributed by atoms with E-state index in [1.165, 1.54) is 0 Å². The van der Waals surface area contributed by atoms with Crippen LogP contribution in [0.1, 0.15) is 10.4 Å². The fourth-order valence-electron chi connectivity index (χ4n) is 2.21. The summed E-state index contributed by atoms with van der Waals surface area (Å²) in [5.41, 5.74) is 7.89. The van der Waals surface area contributed by atoms with Gasteiger partial charge in [-0.2, -0.15) is 0 Å². The first-order valence-electron chi connectivity index (χ1n) is 5.99. The number of hydrogen-bond donors (Lipinski definition) is 1. The standard InChI is InChI=1S/C16H12N2O/c17-16(19)12-4-1-3-11(9-12)14-6-2-5-13-10-18-8-7-15(13)14/h1-10H,(H2,17,19). The van der Waals surface area contributed by atoms with Crippen molar-refractivity contribution < 1.29 is 4.79 Å². The Morgan fingerprint density at radius 2 is 1.89 bits per heavy atom. The zero-order chi connectivity index (χ0) is 13.2. The van der Waals surface area contributed by atoms with Crippen LogP contribution in [0.2, 0.25) is 0 Å². The number of aromatic nitrogens is 1. The molecule has 3 heteroatoms. The lowest BCUT2D eigenvalue weighted by atomic mass is 9.98. The number of hydrogen-bond acceptors (Lipinski definition) is 2. The number of primary amides is 1. The largest absolute Gasteiger partial charge is 0.366 e. The molecular weight excluding hydrogens is 236 g/mol. The molecule has 0 aliphatic heterocycles. The summed E-state index contributed by atoms with van der Waals surface area (Å²) in [6.07, 6.45) is 3.60. The van der Waals surface area contributed by atoms with E-state index in [-0.39, 0.29) is 0 Å². The molecule has 2 N–H and O–H groups in total. The second-order valence-corrected chi connectivity index (χ2v) is 4.35. The number of benzene rings is 2. The van der Waals surface area contributed by atoms with Gasteiger partial charge in [-0.05, 0) is 34.7 Å². The van der Waals surface area contributed by atoms with Crippen LogP contribution < -0.4 is 5.73 Å². The lowest BCUT2D eigenvalue weighted by Crippen LogP contribution is -2.10. The lowest BCUT2D eigenvalue weighted by Gasteiger charge is -2.07. The van der Waals surface area contributed by atoms with Crippen LogP contribution in [-0.4, -0.2) is 10.9 Å². The molecule has 3 aromatic rings. The van der Waals surface area contributed by atoms with Gasteiger partial charge in [0, 0.05) is 23.3 Å². The van der Waals surface area contributed by atoms with E-state index in [0.29, 0.717) is 5.56 Å². The van der Waals surface area contributed by atoms with Crippen LogP contribution in [0.3, 0.4) is 0 Å². The molecule has 2 aromatic carbocycles. The highest BCUT2D eigenvalue weighted by atomic mass is 16.1. The first kappa shape index (κ1) is 11.4. The van der Waals surface area contributed by atoms with Gasteiger partial charge in [0.05, 0.1) is 0 Å². The Labute approximate surface area is 110 Å². The minimum Gasteiger partial charge on any atom is -0.366 e. The lowest BCUT2D eigenvalue weighted by molar-refractivity contribution is 0.100. The zero-order valence-electron chi connectivity index (χ0n) is 10.2. The molecule has 1 heterocycles. The minimum atomic E-state index is -0.413. The Kier molecular flexibility index (Phi) is 2.72. The highest BCUT2D eigenvalue weighted by Gasteiger charge is 2.06. The fraction of sp³-hybridized carbons (Fsp3) is 0. The number of nitrogens with zero attached hydrogens (tertiary/aromatic N) is 1. The molecule has 1 amide bonds. The maximum Gasteiger partial charge on any atom is 0.248 e. The number of rotatable bonds is 2. The van der Waals surface area contributed by atoms with Gasteiger partial charge in [0.15, 0.2) is 0 Å². The molecular formula is C16H12N2O. The first-order valence-corrected chi connectivity index (χ1v) is 5.99. The maximum absolute atomic E-state index is 11.3. The smallest absolute Gasteiger partial charge is 0.248 e. The molecule has 0 aliphatic carbocycles. The molecule has 3 nitrogen and oxygen atoms in total. The highest BCUT2D eigenvalue weighted by Crippen LogP contribution is 2.28. The van der Waals surface area contributed by atoms with Crippen molar-refractivity contribution in [1.29, 1.82) is 0 Å². The molecule has 0 saturated carbocycles. The second-order valence-electron chi connectivity index (χ2n) is 4.35. The van der Waals surface area contributed by atoms with Crippen LogP contribution in [0.4, 0.5) is 0 Å². The van der Waals surface area contributed by atoms with Gasteiger partial charge in [0.25, 0.3) is 0 Å². The van der Waals surface area contributed by atoms with Gasteiger partial charge in [-0.25, -0.2) is 0 Å². The topological polar surface area (TPSA) is 56.0 Å². The third-order valence-corrected chi connectivity index (χ3v) is 3.14. The molecule has 92 valence electrons. The predicted octanol–water partition coefficient (Wildman–Crippen LogP) is 3.00. The molecule has 0 atom stereocenters. The van der Waals surface area contributed by atoms with Gasteiger partial charge in [0.2, 0.25) is 5.91 Å². The van der Waals surface area contributed by atoms with Crippen molar-refractivity contribution in [3.63, 3.8) is 0 Å². The van der Waals surface area contributed by atoms with E-state index >= 15 is 0 Å². The molecule has 0 unspecified atom stereocenters. The van der Waals surface area contributed by atoms with Crippen molar-refractivity contribution in [3.05, 3.63) is 66.5 Å². The number of amides is 1. The summed E-state index contributed by atoms with van der Waals surface area (Å²) in [6, 6.07) is 15.4. The molecule has 1 aromatic heterocycles. The van der Waals surface area contributed by atoms with Gasteiger partial charge < -0.3 is 5.73 Å². The van der Waals surface area contributed by atoms with E-state index < -0.39 is 5.91 Å². The van der Waals surface area contributed by atoms with E-state index in [0.717, 1.165) is 21.9 Å². The number of carbonyl (C=O) groups is 1. The highest BCUT2D eigenvalue weighted by molar-refractivity contribution is 5.98. The molecule has 0 radical (unpaired) electrons. The van der Waals surface area contributed by atoms with Gasteiger partial charge >= 0.3 is 0 Å². The maximum atomic E-state index is 11.3. The SMILES string of the molecule is NC(=O)c1cccc(-c2cccc3cnccc23)c1. The summed E-state index contributed by atoms with van der Waals surface area (Å²) in [5, 5.41) is 2.18. The second kappa shape index (κ2) is 4.53. The van der Waals surface area contributed by atoms with Crippen molar-refractivity contribution in [3.8, 4) is 11.1 Å². The minimum absolute atomic E-state index is 0.413. The van der Waals surface area contributed by atoms with Crippen molar-refractivity contribution in [2.24, 2.45) is 5.73 Å². The average Bonchev–Trinajstić information content (AvgIpc) is 2.47. The molecule has 19 heavy (non-hydrogen) atoms. The summed E-state index contributed by atoms with van der Waals surface area (Å²) in [5.74, 6) is -0.413. The Hall–Kier alpha value is -2.68. The normalized spacial score (nSPS) is 10.5. The summed E-state index contributed by atoms with van der Waals surface area (Å²) in [4.78, 5) is 15.4. The molecule has 0 fully saturated rings. The van der Waals surface area contributed by atoms with Gasteiger partial charge in [-0.3, -0.25) is 9.78 Å². The number of fused-ring (bicyclic) bond motifs is 1. The van der Waals surface area contributed by atoms with Crippen LogP contribution in [0.15, 0.2) is 60.9 Å². The van der Waals surface area contributed by atoms with E-state index in [1.807, 2.05) is 48.7 Å². The van der Waals surface area contributed by atoms with Crippen molar-refractivity contribution in [1.82, 2.24) is 4.98 Å². The molecule has 0 saturated heterocycles. The predicted molar refractivity (Wildman–Crippen MR) is 75.7 cm³/mol. The zero-order valence-corrected chi connectivity index (χ0v) is 10.2. The Balaban J connectivity index is 2.24. The Bertz CT molecular complexity index is 760. The summed E-state index contributed by atoms with van der Waals surface area (Å²) in [7, 11) is 0. The summed E-state index contributed by atoms with van der Waals surface area (Å²) < 4.78 is 0. The van der Waals surface area contributed by atoms with Crippen LogP contribution >= 0.6 is 0 Å². The third-order valence-electron chi connectivity index (χ3n) is 3.14. The third kappa shape index (κ3) is 2.06. The van der Waals surface area contributed by atoms with Crippen LogP contribution in [0.25, 0.3) is 21.9 Å². The van der Waals surface area contributed by atoms with Gasteiger partial charge in [0.1, 0.15) is 0 Å². The molecule has 0 aliphatic rings. The molecule has 0 bridgehead atoms. The molecule has 3 rings (SSSR count). The van der Waals surface area contributed by atoms with Crippen molar-refractivity contribution in [2.45, 2.75) is 0 Å². The van der Waals surface area contributed by atoms with E-state index in [2.05, 4.69) is 4.98 Å². The van der Waals surface area contributed by atoms with E-state index in [9.17, 15) is 4.79 Å². The molecule has 0 spiro atoms. The van der Waals surface area contributed by atoms with E-state index in [4.69, 9.17) is 5.73 Å². The Morgan fingerprint density at radius 3 is 2.74 bits per heavy atom. The summed E-state index contributed by atoms with van der Waals surface area (Å²) in [6.45, 7) is 0. The number of pyridine rings is 1. The van der Waals surface area contributed by atoms with Gasteiger partial charge in [-0.15, -0.1) is 0 Å². The van der Waals surface area contributed by atoms with Crippen LogP contribution in [0, 0.1) is 0 Å². The van der Waals surface area contributed by atoms with Crippen molar-refractivity contribution in [2.75, 3.05) is 0 Å². The average molecular weight is 248 g/mol. The number of nitrogens with two attached hydrogens (primary N) is 1. The van der Waals surface area contributed by atoms with Crippen molar-refractivity contribution >= 4 is 16.7 Å². The van der Waals surface area contributed by atoms with Crippen LogP contribution in [-0.2, 0) is 0 Å². The van der Waals surface area contributed by atoms with E-state index in [1.54, 1.807) is 12.3 Å². The first-order chi connectivity index (χ1) is 9.25.